The lowest BCUT2D eigenvalue weighted by Crippen LogP contribution is -2.29. The molecule has 0 amide bonds. The third kappa shape index (κ3) is 3.62. The molecule has 3 nitrogen and oxygen atoms in total. The first-order valence-corrected chi connectivity index (χ1v) is 8.11. The van der Waals surface area contributed by atoms with Crippen molar-refractivity contribution in [2.75, 3.05) is 25.1 Å². The molecule has 1 N–H and O–H groups in total. The summed E-state index contributed by atoms with van der Waals surface area (Å²) >= 11 is 0. The number of rotatable bonds is 2. The molecule has 0 bridgehead atoms. The monoisotopic (exact) mass is 325 g/mol. The number of nitrogens with zero attached hydrogens (tertiary/aromatic N) is 1. The van der Waals surface area contributed by atoms with Crippen LogP contribution >= 0.6 is 0 Å². The third-order valence-electron chi connectivity index (χ3n) is 4.19. The van der Waals surface area contributed by atoms with Crippen LogP contribution in [0.5, 0.6) is 11.5 Å². The average Bonchev–Trinajstić information content (AvgIpc) is 2.63. The van der Waals surface area contributed by atoms with Crippen LogP contribution in [0.2, 0.25) is 0 Å². The molecule has 1 aliphatic heterocycles. The Morgan fingerprint density at radius 3 is 2.33 bits per heavy atom. The molecule has 1 fully saturated rings. The highest BCUT2D eigenvalue weighted by molar-refractivity contribution is 5.54. The van der Waals surface area contributed by atoms with Gasteiger partial charge in [0.05, 0.1) is 7.11 Å². The summed E-state index contributed by atoms with van der Waals surface area (Å²) in [6.45, 7) is 2.22. The molecule has 0 saturated carbocycles. The minimum absolute atomic E-state index is 0.0831. The Kier molecular flexibility index (Phi) is 4.90. The largest absolute Gasteiger partial charge is 0.502 e. The summed E-state index contributed by atoms with van der Waals surface area (Å²) in [6.07, 6.45) is 3.80. The second-order valence-electron chi connectivity index (χ2n) is 5.85. The van der Waals surface area contributed by atoms with E-state index in [1.54, 1.807) is 0 Å². The van der Waals surface area contributed by atoms with Crippen LogP contribution in [0.4, 0.5) is 10.1 Å². The maximum atomic E-state index is 13.6. The van der Waals surface area contributed by atoms with E-state index in [1.807, 2.05) is 12.1 Å². The number of hydrogen-bond donors (Lipinski definition) is 1. The Morgan fingerprint density at radius 2 is 1.67 bits per heavy atom. The van der Waals surface area contributed by atoms with E-state index in [0.717, 1.165) is 18.7 Å². The molecule has 1 heterocycles. The van der Waals surface area contributed by atoms with Crippen molar-refractivity contribution < 1.29 is 14.2 Å². The minimum Gasteiger partial charge on any atom is -0.502 e. The quantitative estimate of drug-likeness (QED) is 0.849. The highest BCUT2D eigenvalue weighted by Gasteiger charge is 2.10. The van der Waals surface area contributed by atoms with Gasteiger partial charge in [0.25, 0.3) is 0 Å². The van der Waals surface area contributed by atoms with Gasteiger partial charge >= 0.3 is 0 Å². The first-order chi connectivity index (χ1) is 11.7. The summed E-state index contributed by atoms with van der Waals surface area (Å²) in [5.41, 5.74) is 2.54. The van der Waals surface area contributed by atoms with Gasteiger partial charge in [-0.25, -0.2) is 4.39 Å². The van der Waals surface area contributed by atoms with Crippen LogP contribution in [0, 0.1) is 17.7 Å². The van der Waals surface area contributed by atoms with Gasteiger partial charge in [0, 0.05) is 29.9 Å². The fourth-order valence-electron chi connectivity index (χ4n) is 2.85. The maximum absolute atomic E-state index is 13.6. The summed E-state index contributed by atoms with van der Waals surface area (Å²) < 4.78 is 18.5. The van der Waals surface area contributed by atoms with E-state index in [0.29, 0.717) is 5.56 Å². The lowest BCUT2D eigenvalue weighted by molar-refractivity contribution is 0.357. The lowest BCUT2D eigenvalue weighted by atomic mass is 10.1. The van der Waals surface area contributed by atoms with Crippen LogP contribution in [0.15, 0.2) is 36.4 Å². The van der Waals surface area contributed by atoms with Crippen LogP contribution in [0.3, 0.4) is 0 Å². The van der Waals surface area contributed by atoms with Crippen molar-refractivity contribution in [3.05, 3.63) is 53.3 Å². The Balaban J connectivity index is 1.77. The number of phenolic OH excluding ortho intramolecular Hbond substituents is 1. The van der Waals surface area contributed by atoms with E-state index in [-0.39, 0.29) is 5.75 Å². The molecule has 0 aromatic heterocycles. The Morgan fingerprint density at radius 1 is 1.00 bits per heavy atom. The van der Waals surface area contributed by atoms with E-state index in [4.69, 9.17) is 4.74 Å². The Bertz CT molecular complexity index is 769. The summed E-state index contributed by atoms with van der Waals surface area (Å²) in [4.78, 5) is 2.39. The number of benzene rings is 2. The van der Waals surface area contributed by atoms with E-state index >= 15 is 0 Å². The van der Waals surface area contributed by atoms with Gasteiger partial charge < -0.3 is 14.7 Å². The van der Waals surface area contributed by atoms with E-state index in [2.05, 4.69) is 28.9 Å². The van der Waals surface area contributed by atoms with Crippen molar-refractivity contribution >= 4 is 5.69 Å². The fourth-order valence-corrected chi connectivity index (χ4v) is 2.85. The van der Waals surface area contributed by atoms with Gasteiger partial charge in [-0.1, -0.05) is 11.8 Å². The molecule has 4 heteroatoms. The summed E-state index contributed by atoms with van der Waals surface area (Å²) in [5, 5.41) is 9.51. The molecule has 2 aromatic carbocycles. The van der Waals surface area contributed by atoms with Crippen LogP contribution in [0.25, 0.3) is 0 Å². The second kappa shape index (κ2) is 7.27. The lowest BCUT2D eigenvalue weighted by Gasteiger charge is -2.28. The van der Waals surface area contributed by atoms with Gasteiger partial charge in [-0.05, 0) is 55.7 Å². The highest BCUT2D eigenvalue weighted by atomic mass is 19.1. The number of halogens is 1. The summed E-state index contributed by atoms with van der Waals surface area (Å²) in [6, 6.07) is 10.8. The number of anilines is 1. The normalized spacial score (nSPS) is 14.0. The zero-order valence-corrected chi connectivity index (χ0v) is 13.7. The van der Waals surface area contributed by atoms with Gasteiger partial charge in [-0.15, -0.1) is 0 Å². The zero-order valence-electron chi connectivity index (χ0n) is 13.7. The molecule has 24 heavy (non-hydrogen) atoms. The molecule has 1 saturated heterocycles. The van der Waals surface area contributed by atoms with Gasteiger partial charge in [-0.2, -0.15) is 0 Å². The number of phenols is 1. The molecule has 0 atom stereocenters. The SMILES string of the molecule is COc1cc(C#Cc2ccc(N3CCCCC3)cc2)cc(F)c1O. The third-order valence-corrected chi connectivity index (χ3v) is 4.19. The predicted molar refractivity (Wildman–Crippen MR) is 93.1 cm³/mol. The molecule has 2 aromatic rings. The van der Waals surface area contributed by atoms with Gasteiger partial charge in [0.15, 0.2) is 17.3 Å². The molecular formula is C20H20FNO2. The Hall–Kier alpha value is -2.67. The zero-order chi connectivity index (χ0) is 16.9. The van der Waals surface area contributed by atoms with Crippen molar-refractivity contribution in [3.8, 4) is 23.3 Å². The molecule has 1 aliphatic rings. The topological polar surface area (TPSA) is 32.7 Å². The number of ether oxygens (including phenoxy) is 1. The predicted octanol–water partition coefficient (Wildman–Crippen LogP) is 3.93. The van der Waals surface area contributed by atoms with Gasteiger partial charge in [-0.3, -0.25) is 0 Å². The second-order valence-corrected chi connectivity index (χ2v) is 5.85. The van der Waals surface area contributed by atoms with Crippen molar-refractivity contribution in [1.29, 1.82) is 0 Å². The van der Waals surface area contributed by atoms with E-state index < -0.39 is 11.6 Å². The van der Waals surface area contributed by atoms with Crippen LogP contribution in [-0.2, 0) is 0 Å². The van der Waals surface area contributed by atoms with Crippen LogP contribution in [0.1, 0.15) is 30.4 Å². The number of methoxy groups -OCH3 is 1. The molecule has 0 unspecified atom stereocenters. The molecule has 3 rings (SSSR count). The summed E-state index contributed by atoms with van der Waals surface area (Å²) in [5.74, 6) is 4.78. The van der Waals surface area contributed by atoms with Crippen molar-refractivity contribution in [1.82, 2.24) is 0 Å². The van der Waals surface area contributed by atoms with Gasteiger partial charge in [0.1, 0.15) is 0 Å². The first-order valence-electron chi connectivity index (χ1n) is 8.11. The number of aromatic hydroxyl groups is 1. The molecular weight excluding hydrogens is 305 g/mol. The maximum Gasteiger partial charge on any atom is 0.194 e. The van der Waals surface area contributed by atoms with Gasteiger partial charge in [0.2, 0.25) is 0 Å². The summed E-state index contributed by atoms with van der Waals surface area (Å²) in [7, 11) is 1.38. The van der Waals surface area contributed by atoms with Crippen molar-refractivity contribution in [2.24, 2.45) is 0 Å². The standard InChI is InChI=1S/C20H20FNO2/c1-24-19-14-16(13-18(21)20(19)23)6-5-15-7-9-17(10-8-15)22-11-3-2-4-12-22/h7-10,13-14,23H,2-4,11-12H2,1H3. The average molecular weight is 325 g/mol. The molecule has 0 aliphatic carbocycles. The number of hydrogen-bond acceptors (Lipinski definition) is 3. The van der Waals surface area contributed by atoms with E-state index in [9.17, 15) is 9.50 Å². The fraction of sp³-hybridized carbons (Fsp3) is 0.300. The molecule has 0 spiro atoms. The first kappa shape index (κ1) is 16.2. The number of piperidine rings is 1. The smallest absolute Gasteiger partial charge is 0.194 e. The van der Waals surface area contributed by atoms with Crippen molar-refractivity contribution in [3.63, 3.8) is 0 Å². The Labute approximate surface area is 141 Å². The van der Waals surface area contributed by atoms with Crippen LogP contribution < -0.4 is 9.64 Å². The highest BCUT2D eigenvalue weighted by Crippen LogP contribution is 2.29. The molecule has 124 valence electrons. The minimum atomic E-state index is -0.737. The van der Waals surface area contributed by atoms with E-state index in [1.165, 1.54) is 44.2 Å². The van der Waals surface area contributed by atoms with Crippen LogP contribution in [-0.4, -0.2) is 25.3 Å². The van der Waals surface area contributed by atoms with Crippen molar-refractivity contribution in [2.45, 2.75) is 19.3 Å². The molecule has 0 radical (unpaired) electrons.